The Bertz CT molecular complexity index is 510. The van der Waals surface area contributed by atoms with Crippen molar-refractivity contribution in [3.63, 3.8) is 0 Å². The summed E-state index contributed by atoms with van der Waals surface area (Å²) in [5.41, 5.74) is 0.209. The van der Waals surface area contributed by atoms with Crippen LogP contribution in [0.3, 0.4) is 0 Å². The second kappa shape index (κ2) is 6.36. The van der Waals surface area contributed by atoms with E-state index in [2.05, 4.69) is 5.32 Å². The molecule has 1 aromatic rings. The van der Waals surface area contributed by atoms with Crippen LogP contribution in [0.4, 0.5) is 11.4 Å². The molecule has 0 aliphatic rings. The molecule has 0 saturated carbocycles. The van der Waals surface area contributed by atoms with Crippen LogP contribution < -0.4 is 5.32 Å². The fourth-order valence-corrected chi connectivity index (χ4v) is 2.08. The van der Waals surface area contributed by atoms with Crippen molar-refractivity contribution in [3.8, 4) is 0 Å². The highest BCUT2D eigenvalue weighted by molar-refractivity contribution is 5.76. The monoisotopic (exact) mass is 280 g/mol. The molecule has 0 spiro atoms. The largest absolute Gasteiger partial charge is 0.481 e. The zero-order valence-electron chi connectivity index (χ0n) is 12.0. The lowest BCUT2D eigenvalue weighted by molar-refractivity contribution is -0.384. The molecule has 6 nitrogen and oxygen atoms in total. The maximum Gasteiger partial charge on any atom is 0.311 e. The van der Waals surface area contributed by atoms with Crippen LogP contribution in [0.1, 0.15) is 32.3 Å². The van der Waals surface area contributed by atoms with E-state index in [-0.39, 0.29) is 12.2 Å². The Morgan fingerprint density at radius 2 is 2.00 bits per heavy atom. The second-order valence-corrected chi connectivity index (χ2v) is 4.92. The normalized spacial score (nSPS) is 11.2. The van der Waals surface area contributed by atoms with E-state index in [1.165, 1.54) is 6.07 Å². The van der Waals surface area contributed by atoms with E-state index in [1.54, 1.807) is 19.1 Å². The van der Waals surface area contributed by atoms with Gasteiger partial charge in [-0.25, -0.2) is 0 Å². The minimum atomic E-state index is -0.904. The number of benzene rings is 1. The molecule has 0 aliphatic carbocycles. The van der Waals surface area contributed by atoms with Gasteiger partial charge in [0.15, 0.2) is 0 Å². The number of aliphatic carboxylic acids is 1. The number of anilines is 1. The number of carbonyl (C=O) groups is 1. The highest BCUT2D eigenvalue weighted by Gasteiger charge is 2.35. The fraction of sp³-hybridized carbons (Fsp3) is 0.500. The Hall–Kier alpha value is -2.11. The third-order valence-electron chi connectivity index (χ3n) is 3.77. The zero-order chi connectivity index (χ0) is 15.3. The highest BCUT2D eigenvalue weighted by Crippen LogP contribution is 2.30. The molecular weight excluding hydrogens is 260 g/mol. The molecule has 2 N–H and O–H groups in total. The molecule has 20 heavy (non-hydrogen) atoms. The number of rotatable bonds is 7. The van der Waals surface area contributed by atoms with E-state index in [0.29, 0.717) is 18.5 Å². The third kappa shape index (κ3) is 3.26. The van der Waals surface area contributed by atoms with Crippen LogP contribution in [0.2, 0.25) is 0 Å². The predicted octanol–water partition coefficient (Wildman–Crippen LogP) is 3.21. The zero-order valence-corrected chi connectivity index (χ0v) is 12.0. The summed E-state index contributed by atoms with van der Waals surface area (Å²) in [7, 11) is 0. The molecule has 0 saturated heterocycles. The van der Waals surface area contributed by atoms with E-state index in [4.69, 9.17) is 0 Å². The molecule has 0 heterocycles. The molecule has 0 amide bonds. The molecule has 1 rings (SSSR count). The molecule has 0 aromatic heterocycles. The van der Waals surface area contributed by atoms with Gasteiger partial charge < -0.3 is 10.4 Å². The number of nitrogens with one attached hydrogen (secondary N) is 1. The van der Waals surface area contributed by atoms with Gasteiger partial charge in [-0.15, -0.1) is 0 Å². The van der Waals surface area contributed by atoms with Gasteiger partial charge in [-0.1, -0.05) is 19.9 Å². The van der Waals surface area contributed by atoms with Crippen LogP contribution in [0, 0.1) is 22.5 Å². The van der Waals surface area contributed by atoms with E-state index in [0.717, 1.165) is 5.56 Å². The number of hydrogen-bond acceptors (Lipinski definition) is 4. The van der Waals surface area contributed by atoms with Gasteiger partial charge in [-0.05, 0) is 31.4 Å². The summed E-state index contributed by atoms with van der Waals surface area (Å²) < 4.78 is 0. The molecule has 6 heteroatoms. The summed E-state index contributed by atoms with van der Waals surface area (Å²) in [6, 6.07) is 4.85. The number of carboxylic acids is 1. The number of nitro benzene ring substituents is 1. The summed E-state index contributed by atoms with van der Waals surface area (Å²) in [6.07, 6.45) is 0.928. The lowest BCUT2D eigenvalue weighted by Crippen LogP contribution is -2.37. The van der Waals surface area contributed by atoms with Crippen molar-refractivity contribution in [2.75, 3.05) is 11.9 Å². The highest BCUT2D eigenvalue weighted by atomic mass is 16.6. The molecule has 1 aromatic carbocycles. The molecule has 0 aliphatic heterocycles. The SMILES string of the molecule is CCC(CC)(CNc1ccc(C)cc1[N+](=O)[O-])C(=O)O. The molecule has 0 bridgehead atoms. The van der Waals surface area contributed by atoms with Crippen molar-refractivity contribution in [1.29, 1.82) is 0 Å². The Morgan fingerprint density at radius 3 is 2.45 bits per heavy atom. The van der Waals surface area contributed by atoms with Crippen LogP contribution in [-0.2, 0) is 4.79 Å². The lowest BCUT2D eigenvalue weighted by Gasteiger charge is -2.27. The van der Waals surface area contributed by atoms with E-state index < -0.39 is 16.3 Å². The first-order valence-corrected chi connectivity index (χ1v) is 6.58. The molecule has 0 fully saturated rings. The Labute approximate surface area is 118 Å². The van der Waals surface area contributed by atoms with Crippen LogP contribution in [0.15, 0.2) is 18.2 Å². The average molecular weight is 280 g/mol. The van der Waals surface area contributed by atoms with Crippen molar-refractivity contribution < 1.29 is 14.8 Å². The van der Waals surface area contributed by atoms with Gasteiger partial charge in [0.2, 0.25) is 0 Å². The Morgan fingerprint density at radius 1 is 1.40 bits per heavy atom. The van der Waals surface area contributed by atoms with Crippen molar-refractivity contribution in [2.24, 2.45) is 5.41 Å². The van der Waals surface area contributed by atoms with Gasteiger partial charge >= 0.3 is 5.97 Å². The van der Waals surface area contributed by atoms with Gasteiger partial charge in [0.05, 0.1) is 10.3 Å². The summed E-state index contributed by atoms with van der Waals surface area (Å²) in [6.45, 7) is 5.56. The van der Waals surface area contributed by atoms with Gasteiger partial charge in [0.1, 0.15) is 5.69 Å². The first kappa shape index (κ1) is 15.9. The maximum absolute atomic E-state index is 11.4. The standard InChI is InChI=1S/C14H20N2O4/c1-4-14(5-2,13(17)18)9-15-11-7-6-10(3)8-12(11)16(19)20/h6-8,15H,4-5,9H2,1-3H3,(H,17,18). The van der Waals surface area contributed by atoms with Crippen molar-refractivity contribution in [2.45, 2.75) is 33.6 Å². The van der Waals surface area contributed by atoms with Gasteiger partial charge in [-0.2, -0.15) is 0 Å². The molecular formula is C14H20N2O4. The number of aryl methyl sites for hydroxylation is 1. The molecule has 110 valence electrons. The lowest BCUT2D eigenvalue weighted by atomic mass is 9.82. The quantitative estimate of drug-likeness (QED) is 0.591. The molecule has 0 atom stereocenters. The summed E-state index contributed by atoms with van der Waals surface area (Å²) in [5, 5.41) is 23.3. The van der Waals surface area contributed by atoms with Crippen LogP contribution in [-0.4, -0.2) is 22.5 Å². The van der Waals surface area contributed by atoms with E-state index in [9.17, 15) is 20.0 Å². The third-order valence-corrected chi connectivity index (χ3v) is 3.77. The van der Waals surface area contributed by atoms with Gasteiger partial charge in [-0.3, -0.25) is 14.9 Å². The molecule has 0 radical (unpaired) electrons. The Kier molecular flexibility index (Phi) is 5.07. The summed E-state index contributed by atoms with van der Waals surface area (Å²) >= 11 is 0. The number of hydrogen-bond donors (Lipinski definition) is 2. The van der Waals surface area contributed by atoms with Crippen molar-refractivity contribution in [3.05, 3.63) is 33.9 Å². The van der Waals surface area contributed by atoms with Gasteiger partial charge in [0, 0.05) is 12.6 Å². The van der Waals surface area contributed by atoms with Crippen LogP contribution in [0.25, 0.3) is 0 Å². The van der Waals surface area contributed by atoms with Gasteiger partial charge in [0.25, 0.3) is 5.69 Å². The smallest absolute Gasteiger partial charge is 0.311 e. The topological polar surface area (TPSA) is 92.5 Å². The minimum absolute atomic E-state index is 0.0310. The average Bonchev–Trinajstić information content (AvgIpc) is 2.41. The minimum Gasteiger partial charge on any atom is -0.481 e. The number of carboxylic acid groups (broad SMARTS) is 1. The van der Waals surface area contributed by atoms with E-state index >= 15 is 0 Å². The Balaban J connectivity index is 2.99. The second-order valence-electron chi connectivity index (χ2n) is 4.92. The number of nitrogens with zero attached hydrogens (tertiary/aromatic N) is 1. The first-order valence-electron chi connectivity index (χ1n) is 6.58. The predicted molar refractivity (Wildman–Crippen MR) is 77.0 cm³/mol. The van der Waals surface area contributed by atoms with Crippen LogP contribution >= 0.6 is 0 Å². The first-order chi connectivity index (χ1) is 9.36. The number of nitro groups is 1. The summed E-state index contributed by atoms with van der Waals surface area (Å²) in [5.74, 6) is -0.884. The molecule has 0 unspecified atom stereocenters. The summed E-state index contributed by atoms with van der Waals surface area (Å²) in [4.78, 5) is 22.0. The fourth-order valence-electron chi connectivity index (χ4n) is 2.08. The van der Waals surface area contributed by atoms with Crippen LogP contribution in [0.5, 0.6) is 0 Å². The van der Waals surface area contributed by atoms with Crippen molar-refractivity contribution >= 4 is 17.3 Å². The van der Waals surface area contributed by atoms with E-state index in [1.807, 2.05) is 13.8 Å². The maximum atomic E-state index is 11.4. The van der Waals surface area contributed by atoms with Crippen molar-refractivity contribution in [1.82, 2.24) is 0 Å².